The molecule has 5 nitrogen and oxygen atoms in total. The highest BCUT2D eigenvalue weighted by atomic mass is 16.4. The summed E-state index contributed by atoms with van der Waals surface area (Å²) in [5.74, 6) is -0.807. The van der Waals surface area contributed by atoms with Gasteiger partial charge in [-0.15, -0.1) is 0 Å². The molecule has 1 aliphatic rings. The van der Waals surface area contributed by atoms with Gasteiger partial charge < -0.3 is 15.3 Å². The van der Waals surface area contributed by atoms with Crippen LogP contribution in [0, 0.1) is 11.8 Å². The average Bonchev–Trinajstić information content (AvgIpc) is 2.55. The number of nitrogens with zero attached hydrogens (tertiary/aromatic N) is 1. The van der Waals surface area contributed by atoms with Crippen LogP contribution in [0.3, 0.4) is 0 Å². The smallest absolute Gasteiger partial charge is 0.321 e. The molecule has 0 spiro atoms. The van der Waals surface area contributed by atoms with E-state index in [4.69, 9.17) is 0 Å². The first kappa shape index (κ1) is 19.3. The minimum absolute atomic E-state index is 0.191. The third-order valence-corrected chi connectivity index (χ3v) is 4.85. The minimum atomic E-state index is -0.821. The van der Waals surface area contributed by atoms with Gasteiger partial charge in [0.2, 0.25) is 0 Å². The number of anilines is 1. The number of aliphatic carboxylic acids is 1. The van der Waals surface area contributed by atoms with Crippen LogP contribution >= 0.6 is 0 Å². The van der Waals surface area contributed by atoms with E-state index < -0.39 is 11.9 Å². The van der Waals surface area contributed by atoms with Crippen LogP contribution in [0.15, 0.2) is 18.2 Å². The van der Waals surface area contributed by atoms with Gasteiger partial charge in [-0.3, -0.25) is 4.79 Å². The van der Waals surface area contributed by atoms with Gasteiger partial charge in [-0.1, -0.05) is 52.3 Å². The monoisotopic (exact) mass is 346 g/mol. The molecule has 2 rings (SSSR count). The van der Waals surface area contributed by atoms with Crippen LogP contribution in [-0.4, -0.2) is 35.1 Å². The van der Waals surface area contributed by atoms with E-state index >= 15 is 0 Å². The number of hydrogen-bond donors (Lipinski definition) is 2. The molecule has 2 N–H and O–H groups in total. The molecule has 0 aliphatic carbocycles. The first-order chi connectivity index (χ1) is 11.8. The molecule has 25 heavy (non-hydrogen) atoms. The molecule has 2 atom stereocenters. The molecule has 5 heteroatoms. The molecular weight excluding hydrogens is 316 g/mol. The van der Waals surface area contributed by atoms with E-state index in [2.05, 4.69) is 38.2 Å². The summed E-state index contributed by atoms with van der Waals surface area (Å²) in [5.41, 5.74) is 3.16. The zero-order valence-electron chi connectivity index (χ0n) is 15.7. The molecule has 2 amide bonds. The summed E-state index contributed by atoms with van der Waals surface area (Å²) in [6.07, 6.45) is 2.54. The van der Waals surface area contributed by atoms with Gasteiger partial charge in [0.1, 0.15) is 0 Å². The number of nitrogens with one attached hydrogen (secondary N) is 1. The Hall–Kier alpha value is -2.04. The largest absolute Gasteiger partial charge is 0.481 e. The number of carboxylic acid groups (broad SMARTS) is 1. The fourth-order valence-corrected chi connectivity index (χ4v) is 3.61. The van der Waals surface area contributed by atoms with Crippen molar-refractivity contribution in [1.82, 2.24) is 4.90 Å². The summed E-state index contributed by atoms with van der Waals surface area (Å²) >= 11 is 0. The van der Waals surface area contributed by atoms with Crippen molar-refractivity contribution in [3.63, 3.8) is 0 Å². The maximum atomic E-state index is 12.8. The molecule has 2 unspecified atom stereocenters. The summed E-state index contributed by atoms with van der Waals surface area (Å²) in [5, 5.41) is 12.4. The molecule has 138 valence electrons. The van der Waals surface area contributed by atoms with Gasteiger partial charge >= 0.3 is 12.0 Å². The van der Waals surface area contributed by atoms with Gasteiger partial charge in [0, 0.05) is 18.8 Å². The van der Waals surface area contributed by atoms with E-state index in [0.29, 0.717) is 18.9 Å². The Morgan fingerprint density at radius 1 is 1.32 bits per heavy atom. The number of carbonyl (C=O) groups is 2. The Kier molecular flexibility index (Phi) is 6.45. The molecule has 1 saturated heterocycles. The van der Waals surface area contributed by atoms with Gasteiger partial charge in [0.15, 0.2) is 0 Å². The molecule has 0 aromatic heterocycles. The summed E-state index contributed by atoms with van der Waals surface area (Å²) < 4.78 is 0. The summed E-state index contributed by atoms with van der Waals surface area (Å²) in [4.78, 5) is 25.8. The number of amides is 2. The maximum absolute atomic E-state index is 12.8. The molecule has 1 heterocycles. The first-order valence-electron chi connectivity index (χ1n) is 9.23. The van der Waals surface area contributed by atoms with Crippen LogP contribution in [-0.2, 0) is 11.2 Å². The summed E-state index contributed by atoms with van der Waals surface area (Å²) in [7, 11) is 0. The third-order valence-electron chi connectivity index (χ3n) is 4.85. The predicted molar refractivity (Wildman–Crippen MR) is 100 cm³/mol. The Balaban J connectivity index is 2.23. The van der Waals surface area contributed by atoms with Crippen LogP contribution in [0.5, 0.6) is 0 Å². The molecular formula is C20H30N2O3. The van der Waals surface area contributed by atoms with Crippen LogP contribution in [0.25, 0.3) is 0 Å². The molecule has 0 bridgehead atoms. The number of carbonyl (C=O) groups excluding carboxylic acids is 1. The molecule has 1 fully saturated rings. The van der Waals surface area contributed by atoms with E-state index in [1.165, 1.54) is 0 Å². The summed E-state index contributed by atoms with van der Waals surface area (Å²) in [6, 6.07) is 5.96. The fraction of sp³-hybridized carbons (Fsp3) is 0.600. The lowest BCUT2D eigenvalue weighted by Gasteiger charge is -2.35. The molecule has 1 aliphatic heterocycles. The fourth-order valence-electron chi connectivity index (χ4n) is 3.61. The topological polar surface area (TPSA) is 69.6 Å². The Morgan fingerprint density at radius 3 is 2.64 bits per heavy atom. The number of piperidine rings is 1. The van der Waals surface area contributed by atoms with Gasteiger partial charge in [-0.2, -0.15) is 0 Å². The molecule has 0 radical (unpaired) electrons. The van der Waals surface area contributed by atoms with Gasteiger partial charge in [0.25, 0.3) is 0 Å². The second kappa shape index (κ2) is 8.37. The number of likely N-dealkylation sites (tertiary alicyclic amines) is 1. The number of benzene rings is 1. The van der Waals surface area contributed by atoms with E-state index in [9.17, 15) is 14.7 Å². The zero-order chi connectivity index (χ0) is 18.6. The highest BCUT2D eigenvalue weighted by molar-refractivity contribution is 5.91. The normalized spacial score (nSPS) is 20.6. The van der Waals surface area contributed by atoms with Crippen molar-refractivity contribution >= 4 is 17.7 Å². The van der Waals surface area contributed by atoms with Crippen molar-refractivity contribution in [3.8, 4) is 0 Å². The first-order valence-corrected chi connectivity index (χ1v) is 9.23. The van der Waals surface area contributed by atoms with Crippen LogP contribution in [0.1, 0.15) is 57.6 Å². The lowest BCUT2D eigenvalue weighted by Crippen LogP contribution is -2.47. The Morgan fingerprint density at radius 2 is 2.04 bits per heavy atom. The van der Waals surface area contributed by atoms with Gasteiger partial charge in [-0.05, 0) is 35.8 Å². The van der Waals surface area contributed by atoms with E-state index in [0.717, 1.165) is 29.7 Å². The van der Waals surface area contributed by atoms with Crippen LogP contribution in [0.2, 0.25) is 0 Å². The van der Waals surface area contributed by atoms with E-state index in [1.54, 1.807) is 4.90 Å². The highest BCUT2D eigenvalue weighted by Crippen LogP contribution is 2.30. The van der Waals surface area contributed by atoms with Gasteiger partial charge in [-0.25, -0.2) is 4.79 Å². The van der Waals surface area contributed by atoms with Crippen molar-refractivity contribution in [2.45, 2.75) is 52.9 Å². The Labute approximate surface area is 150 Å². The standard InChI is InChI=1S/C20H30N2O3/c1-5-7-15-8-6-9-17(13(2)3)18(15)21-20(25)22-11-14(4)10-16(12-22)19(23)24/h6,8-9,13-14,16H,5,7,10-12H2,1-4H3,(H,21,25)(H,23,24). The molecule has 0 saturated carbocycles. The average molecular weight is 346 g/mol. The quantitative estimate of drug-likeness (QED) is 0.833. The maximum Gasteiger partial charge on any atom is 0.321 e. The van der Waals surface area contributed by atoms with Crippen LogP contribution in [0.4, 0.5) is 10.5 Å². The number of para-hydroxylation sites is 1. The number of rotatable bonds is 5. The third kappa shape index (κ3) is 4.74. The second-order valence-corrected chi connectivity index (χ2v) is 7.50. The van der Waals surface area contributed by atoms with Crippen molar-refractivity contribution in [3.05, 3.63) is 29.3 Å². The number of carboxylic acids is 1. The predicted octanol–water partition coefficient (Wildman–Crippen LogP) is 4.34. The van der Waals surface area contributed by atoms with Crippen molar-refractivity contribution < 1.29 is 14.7 Å². The van der Waals surface area contributed by atoms with E-state index in [-0.39, 0.29) is 18.5 Å². The molecule has 1 aromatic rings. The van der Waals surface area contributed by atoms with Crippen molar-refractivity contribution in [2.24, 2.45) is 11.8 Å². The highest BCUT2D eigenvalue weighted by Gasteiger charge is 2.32. The van der Waals surface area contributed by atoms with Crippen LogP contribution < -0.4 is 5.32 Å². The number of hydrogen-bond acceptors (Lipinski definition) is 2. The minimum Gasteiger partial charge on any atom is -0.481 e. The zero-order valence-corrected chi connectivity index (χ0v) is 15.7. The molecule has 1 aromatic carbocycles. The second-order valence-electron chi connectivity index (χ2n) is 7.50. The van der Waals surface area contributed by atoms with Crippen molar-refractivity contribution in [1.29, 1.82) is 0 Å². The Bertz CT molecular complexity index is 627. The lowest BCUT2D eigenvalue weighted by molar-refractivity contribution is -0.143. The SMILES string of the molecule is CCCc1cccc(C(C)C)c1NC(=O)N1CC(C)CC(C(=O)O)C1. The summed E-state index contributed by atoms with van der Waals surface area (Å²) in [6.45, 7) is 9.23. The lowest BCUT2D eigenvalue weighted by atomic mass is 9.90. The van der Waals surface area contributed by atoms with Crippen molar-refractivity contribution in [2.75, 3.05) is 18.4 Å². The number of urea groups is 1. The number of aryl methyl sites for hydroxylation is 1. The van der Waals surface area contributed by atoms with Gasteiger partial charge in [0.05, 0.1) is 5.92 Å². The van der Waals surface area contributed by atoms with E-state index in [1.807, 2.05) is 13.0 Å².